The van der Waals surface area contributed by atoms with Gasteiger partial charge in [-0.3, -0.25) is 0 Å². The molecule has 0 aliphatic heterocycles. The SMILES string of the molecule is CC#CC#CC#CC#CC#CC#CC#CC#CC#CC#CC#CC#CC#CC#CC#CC#CC#CC#CC#CC#CC#CC#CC#CC#CC#CC#CC#CC#CC#CC#CC#CC#CC#CC#CC#CC#CC#CC#CC#CC#CC#CC#CC#CC#CC#CC#CC#CC#CC#CC#CC#CC#CC#CC#CC#CC#CC#CC. The van der Waals surface area contributed by atoms with E-state index in [1.807, 2.05) is 0 Å². The Kier molecular flexibility index (Phi) is 70.5. The Morgan fingerprint density at radius 3 is 0.0948 bits per heavy atom. The average molecular weight is 1400 g/mol. The van der Waals surface area contributed by atoms with E-state index in [-0.39, 0.29) is 0 Å². The second-order valence-corrected chi connectivity index (χ2v) is 14.5. The number of rotatable bonds is 0. The van der Waals surface area contributed by atoms with Crippen LogP contribution in [0.15, 0.2) is 0 Å². The standard InChI is InChI=1S/C116H6/c1-3-5-7-9-11-13-15-17-19-21-23-25-27-29-31-33-35-37-39-41-43-45-47-49-51-53-55-57-59-61-63-65-67-69-71-73-75-77-79-81-83-85-87-89-91-93-95-97-99-101-103-105-107-109-111-113-115-116-114-112-110-108-106-104-102-100-98-96-94-92-90-88-86-84-82-80-78-76-74-72-70-68-66-64-62-60-58-56-54-52-50-48-46-44-42-40-38-36-34-32-30-28-26-24-22-20-18-16-14-12-10-8-6-4-2/h1-2H3. The number of hydrogen-bond acceptors (Lipinski definition) is 0. The molecule has 0 saturated heterocycles. The van der Waals surface area contributed by atoms with Crippen LogP contribution in [0.1, 0.15) is 13.8 Å². The molecule has 0 amide bonds. The normalized spacial score (nSPS) is 3.98. The summed E-state index contributed by atoms with van der Waals surface area (Å²) in [5.41, 5.74) is 0. The third-order valence-electron chi connectivity index (χ3n) is 7.19. The first-order valence-corrected chi connectivity index (χ1v) is 29.2. The predicted molar refractivity (Wildman–Crippen MR) is 455 cm³/mol. The van der Waals surface area contributed by atoms with Crippen LogP contribution in [0.25, 0.3) is 0 Å². The molecule has 0 heteroatoms. The lowest BCUT2D eigenvalue weighted by Crippen LogP contribution is -1.57. The van der Waals surface area contributed by atoms with Crippen LogP contribution in [-0.2, 0) is 0 Å². The molecule has 0 rings (SSSR count). The van der Waals surface area contributed by atoms with Gasteiger partial charge in [0.15, 0.2) is 0 Å². The van der Waals surface area contributed by atoms with Crippen molar-refractivity contribution in [2.24, 2.45) is 0 Å². The molecule has 470 valence electrons. The summed E-state index contributed by atoms with van der Waals surface area (Å²) in [4.78, 5) is 0. The lowest BCUT2D eigenvalue weighted by molar-refractivity contribution is 1.92. The summed E-state index contributed by atoms with van der Waals surface area (Å²) in [6, 6.07) is 0. The second kappa shape index (κ2) is 89.9. The zero-order chi connectivity index (χ0) is 82.6. The van der Waals surface area contributed by atoms with E-state index in [0.717, 1.165) is 0 Å². The molecule has 116 heavy (non-hydrogen) atoms. The predicted octanol–water partition coefficient (Wildman–Crippen LogP) is 1.22. The lowest BCUT2D eigenvalue weighted by Gasteiger charge is -1.58. The van der Waals surface area contributed by atoms with E-state index in [4.69, 9.17) is 0 Å². The fourth-order valence-corrected chi connectivity index (χ4v) is 3.56. The topological polar surface area (TPSA) is 0 Å². The Morgan fingerprint density at radius 1 is 0.0431 bits per heavy atom. The van der Waals surface area contributed by atoms with Gasteiger partial charge < -0.3 is 0 Å². The van der Waals surface area contributed by atoms with E-state index in [0.29, 0.717) is 0 Å². The van der Waals surface area contributed by atoms with Crippen molar-refractivity contribution < 1.29 is 0 Å². The van der Waals surface area contributed by atoms with Gasteiger partial charge >= 0.3 is 0 Å². The van der Waals surface area contributed by atoms with E-state index in [1.165, 1.54) is 0 Å². The fourth-order valence-electron chi connectivity index (χ4n) is 3.56. The molecule has 0 saturated carbocycles. The van der Waals surface area contributed by atoms with E-state index in [1.54, 1.807) is 13.8 Å². The summed E-state index contributed by atoms with van der Waals surface area (Å²) in [5.74, 6) is 286. The van der Waals surface area contributed by atoms with Gasteiger partial charge in [0.05, 0.1) is 0 Å². The van der Waals surface area contributed by atoms with Crippen LogP contribution < -0.4 is 0 Å². The summed E-state index contributed by atoms with van der Waals surface area (Å²) in [7, 11) is 0. The number of hydrogen-bond donors (Lipinski definition) is 0. The summed E-state index contributed by atoms with van der Waals surface area (Å²) in [6.45, 7) is 3.36. The molecule has 0 bridgehead atoms. The second-order valence-electron chi connectivity index (χ2n) is 14.5. The van der Waals surface area contributed by atoms with Crippen molar-refractivity contribution in [2.75, 3.05) is 0 Å². The van der Waals surface area contributed by atoms with E-state index in [2.05, 4.69) is 675 Å². The van der Waals surface area contributed by atoms with Gasteiger partial charge in [-0.25, -0.2) is 0 Å². The van der Waals surface area contributed by atoms with Crippen molar-refractivity contribution in [2.45, 2.75) is 13.8 Å². The Bertz CT molecular complexity index is 7710. The van der Waals surface area contributed by atoms with Crippen molar-refractivity contribution in [3.63, 3.8) is 0 Å². The van der Waals surface area contributed by atoms with Crippen LogP contribution in [0.2, 0.25) is 0 Å². The van der Waals surface area contributed by atoms with Gasteiger partial charge in [-0.05, 0) is 109 Å². The average Bonchev–Trinajstić information content (AvgIpc) is 1.67. The van der Waals surface area contributed by atoms with Crippen molar-refractivity contribution >= 4 is 0 Å². The van der Waals surface area contributed by atoms with E-state index < -0.39 is 0 Å². The molecule has 0 aliphatic rings. The highest BCUT2D eigenvalue weighted by Crippen LogP contribution is 1.69. The van der Waals surface area contributed by atoms with Crippen LogP contribution >= 0.6 is 0 Å². The summed E-state index contributed by atoms with van der Waals surface area (Å²) >= 11 is 0. The van der Waals surface area contributed by atoms with Gasteiger partial charge in [0.1, 0.15) is 0 Å². The van der Waals surface area contributed by atoms with Crippen molar-refractivity contribution in [1.29, 1.82) is 0 Å². The quantitative estimate of drug-likeness (QED) is 0.321. The molecule has 0 fully saturated rings. The molecule has 0 N–H and O–H groups in total. The molecule has 0 nitrogen and oxygen atoms in total. The first-order chi connectivity index (χ1) is 57.9. The molecule has 0 atom stereocenters. The molecule has 0 aliphatic carbocycles. The maximum Gasteiger partial charge on any atom is 0 e. The van der Waals surface area contributed by atoms with Gasteiger partial charge in [-0.2, -0.15) is 0 Å². The third-order valence-corrected chi connectivity index (χ3v) is 7.19. The zero-order valence-corrected chi connectivity index (χ0v) is 59.0. The minimum Gasteiger partial charge on any atom is -0.0925 e. The Hall–Kier alpha value is -25.1. The van der Waals surface area contributed by atoms with Gasteiger partial charge in [0.2, 0.25) is 0 Å². The first kappa shape index (κ1) is 90.9. The molecule has 0 aromatic rings. The van der Waals surface area contributed by atoms with Crippen molar-refractivity contribution in [3.8, 4) is 675 Å². The highest BCUT2D eigenvalue weighted by Gasteiger charge is 1.69. The summed E-state index contributed by atoms with van der Waals surface area (Å²) < 4.78 is 0. The Balaban J connectivity index is 4.65. The molecule has 0 heterocycles. The molecular weight excluding hydrogens is 1390 g/mol. The van der Waals surface area contributed by atoms with Gasteiger partial charge in [0, 0.05) is 568 Å². The molecule has 0 radical (unpaired) electrons. The third kappa shape index (κ3) is 88.9. The highest BCUT2D eigenvalue weighted by atomic mass is 13.7. The molecule has 0 aromatic carbocycles. The zero-order valence-electron chi connectivity index (χ0n) is 59.0. The molecule has 0 spiro atoms. The van der Waals surface area contributed by atoms with Crippen molar-refractivity contribution in [1.82, 2.24) is 0 Å². The van der Waals surface area contributed by atoms with E-state index >= 15 is 0 Å². The van der Waals surface area contributed by atoms with Crippen LogP contribution in [0.4, 0.5) is 0 Å². The monoisotopic (exact) mass is 1400 g/mol. The maximum atomic E-state index is 2.63. The van der Waals surface area contributed by atoms with Gasteiger partial charge in [-0.15, -0.1) is 0 Å². The fraction of sp³-hybridized carbons (Fsp3) is 0.0172. The first-order valence-electron chi connectivity index (χ1n) is 29.2. The van der Waals surface area contributed by atoms with Crippen LogP contribution in [0.5, 0.6) is 0 Å². The summed E-state index contributed by atoms with van der Waals surface area (Å²) in [5, 5.41) is 0. The van der Waals surface area contributed by atoms with E-state index in [9.17, 15) is 0 Å². The van der Waals surface area contributed by atoms with Crippen LogP contribution in [0.3, 0.4) is 0 Å². The van der Waals surface area contributed by atoms with Crippen molar-refractivity contribution in [3.05, 3.63) is 0 Å². The van der Waals surface area contributed by atoms with Crippen LogP contribution in [-0.4, -0.2) is 0 Å². The molecule has 0 unspecified atom stereocenters. The Labute approximate surface area is 684 Å². The summed E-state index contributed by atoms with van der Waals surface area (Å²) in [6.07, 6.45) is 0. The van der Waals surface area contributed by atoms with Gasteiger partial charge in [0.25, 0.3) is 0 Å². The minimum atomic E-state index is 1.68. The lowest BCUT2D eigenvalue weighted by atomic mass is 10.4. The Morgan fingerprint density at radius 2 is 0.0690 bits per heavy atom. The molecular formula is C116H6. The maximum absolute atomic E-state index is 2.63. The highest BCUT2D eigenvalue weighted by molar-refractivity contribution is 5.57. The largest absolute Gasteiger partial charge is 0.0925 e. The molecule has 0 aromatic heterocycles. The van der Waals surface area contributed by atoms with Crippen LogP contribution in [0, 0.1) is 675 Å². The minimum absolute atomic E-state index is 1.68. The van der Waals surface area contributed by atoms with Gasteiger partial charge in [-0.1, -0.05) is 11.8 Å². The smallest absolute Gasteiger partial charge is 0 e.